The number of hydrazine groups is 1. The van der Waals surface area contributed by atoms with Crippen molar-refractivity contribution in [3.05, 3.63) is 58.9 Å². The number of aryl methyl sites for hydroxylation is 1. The molecule has 1 heterocycles. The van der Waals surface area contributed by atoms with E-state index in [9.17, 15) is 0 Å². The fraction of sp³-hybridized carbons (Fsp3) is 0.214. The molecular weight excluding hydrogens is 278 g/mol. The number of aromatic nitrogens is 1. The highest BCUT2D eigenvalue weighted by Crippen LogP contribution is 2.26. The highest BCUT2D eigenvalue weighted by Gasteiger charge is 2.10. The van der Waals surface area contributed by atoms with Crippen LogP contribution in [0, 0.1) is 6.92 Å². The van der Waals surface area contributed by atoms with E-state index in [4.69, 9.17) is 17.4 Å². The quantitative estimate of drug-likeness (QED) is 0.504. The number of hydrogen-bond donors (Lipinski definition) is 2. The van der Waals surface area contributed by atoms with E-state index < -0.39 is 0 Å². The fourth-order valence-electron chi connectivity index (χ4n) is 1.75. The zero-order chi connectivity index (χ0) is 13.7. The predicted octanol–water partition coefficient (Wildman–Crippen LogP) is 3.34. The average molecular weight is 294 g/mol. The summed E-state index contributed by atoms with van der Waals surface area (Å²) in [4.78, 5) is 5.33. The number of nitrogens with one attached hydrogen (secondary N) is 1. The molecule has 2 aromatic rings. The molecule has 0 bridgehead atoms. The zero-order valence-corrected chi connectivity index (χ0v) is 12.2. The number of thioether (sulfide) groups is 1. The molecule has 0 aliphatic carbocycles. The molecule has 5 heteroatoms. The Balaban J connectivity index is 2.04. The Hall–Kier alpha value is -1.07. The van der Waals surface area contributed by atoms with Crippen molar-refractivity contribution in [3.8, 4) is 0 Å². The smallest absolute Gasteiger partial charge is 0.0569 e. The van der Waals surface area contributed by atoms with Crippen molar-refractivity contribution in [1.29, 1.82) is 0 Å². The van der Waals surface area contributed by atoms with E-state index in [0.29, 0.717) is 0 Å². The van der Waals surface area contributed by atoms with Crippen LogP contribution in [0.3, 0.4) is 0 Å². The number of nitrogens with two attached hydrogens (primary N) is 1. The number of pyridine rings is 1. The minimum absolute atomic E-state index is 0.0661. The summed E-state index contributed by atoms with van der Waals surface area (Å²) < 4.78 is 0. The second kappa shape index (κ2) is 6.91. The highest BCUT2D eigenvalue weighted by atomic mass is 35.5. The number of nitrogens with zero attached hydrogens (tertiary/aromatic N) is 1. The number of rotatable bonds is 5. The van der Waals surface area contributed by atoms with Crippen LogP contribution in [0.25, 0.3) is 0 Å². The molecule has 100 valence electrons. The maximum Gasteiger partial charge on any atom is 0.0569 e. The van der Waals surface area contributed by atoms with Crippen molar-refractivity contribution in [2.45, 2.75) is 17.9 Å². The molecular formula is C14H16ClN3S. The van der Waals surface area contributed by atoms with Crippen molar-refractivity contribution in [1.82, 2.24) is 10.4 Å². The molecule has 3 nitrogen and oxygen atoms in total. The van der Waals surface area contributed by atoms with E-state index in [-0.39, 0.29) is 6.04 Å². The van der Waals surface area contributed by atoms with Crippen LogP contribution in [-0.4, -0.2) is 10.7 Å². The summed E-state index contributed by atoms with van der Waals surface area (Å²) in [5, 5.41) is 0.750. The molecule has 1 unspecified atom stereocenters. The minimum atomic E-state index is 0.0661. The monoisotopic (exact) mass is 293 g/mol. The van der Waals surface area contributed by atoms with Crippen molar-refractivity contribution in [2.75, 3.05) is 5.75 Å². The van der Waals surface area contributed by atoms with Gasteiger partial charge in [0.25, 0.3) is 0 Å². The van der Waals surface area contributed by atoms with Crippen LogP contribution >= 0.6 is 23.4 Å². The van der Waals surface area contributed by atoms with Gasteiger partial charge in [0.05, 0.1) is 6.04 Å². The first kappa shape index (κ1) is 14.3. The third kappa shape index (κ3) is 4.21. The van der Waals surface area contributed by atoms with Gasteiger partial charge in [0.1, 0.15) is 0 Å². The number of halogens is 1. The Morgan fingerprint density at radius 1 is 1.37 bits per heavy atom. The van der Waals surface area contributed by atoms with E-state index in [1.54, 1.807) is 11.8 Å². The van der Waals surface area contributed by atoms with Gasteiger partial charge in [-0.05, 0) is 36.2 Å². The molecule has 0 aliphatic heterocycles. The van der Waals surface area contributed by atoms with Crippen molar-refractivity contribution < 1.29 is 0 Å². The maximum absolute atomic E-state index is 5.97. The van der Waals surface area contributed by atoms with Gasteiger partial charge in [0.2, 0.25) is 0 Å². The van der Waals surface area contributed by atoms with Crippen LogP contribution in [0.2, 0.25) is 5.02 Å². The summed E-state index contributed by atoms with van der Waals surface area (Å²) in [5.41, 5.74) is 5.06. The first-order chi connectivity index (χ1) is 9.19. The Bertz CT molecular complexity index is 548. The Morgan fingerprint density at radius 2 is 2.21 bits per heavy atom. The molecule has 0 amide bonds. The maximum atomic E-state index is 5.97. The molecule has 1 atom stereocenters. The van der Waals surface area contributed by atoms with Crippen molar-refractivity contribution >= 4 is 23.4 Å². The molecule has 2 rings (SSSR count). The SMILES string of the molecule is Cc1cncc(C(CSc2cccc(Cl)c2)NN)c1. The van der Waals surface area contributed by atoms with Gasteiger partial charge in [-0.2, -0.15) is 0 Å². The molecule has 0 radical (unpaired) electrons. The molecule has 0 saturated heterocycles. The van der Waals surface area contributed by atoms with E-state index >= 15 is 0 Å². The van der Waals surface area contributed by atoms with Gasteiger partial charge in [0, 0.05) is 28.1 Å². The van der Waals surface area contributed by atoms with Crippen molar-refractivity contribution in [2.24, 2.45) is 5.84 Å². The van der Waals surface area contributed by atoms with Gasteiger partial charge in [-0.3, -0.25) is 16.3 Å². The largest absolute Gasteiger partial charge is 0.271 e. The molecule has 1 aromatic heterocycles. The van der Waals surface area contributed by atoms with Crippen LogP contribution in [0.4, 0.5) is 0 Å². The second-order valence-corrected chi connectivity index (χ2v) is 5.81. The van der Waals surface area contributed by atoms with Gasteiger partial charge < -0.3 is 0 Å². The summed E-state index contributed by atoms with van der Waals surface area (Å²) in [6.07, 6.45) is 3.68. The Morgan fingerprint density at radius 3 is 2.89 bits per heavy atom. The first-order valence-electron chi connectivity index (χ1n) is 5.95. The lowest BCUT2D eigenvalue weighted by Gasteiger charge is -2.16. The fourth-order valence-corrected chi connectivity index (χ4v) is 3.03. The topological polar surface area (TPSA) is 50.9 Å². The second-order valence-electron chi connectivity index (χ2n) is 4.28. The molecule has 0 spiro atoms. The zero-order valence-electron chi connectivity index (χ0n) is 10.6. The summed E-state index contributed by atoms with van der Waals surface area (Å²) in [6.45, 7) is 2.02. The first-order valence-corrected chi connectivity index (χ1v) is 7.31. The molecule has 0 aliphatic rings. The molecule has 3 N–H and O–H groups in total. The minimum Gasteiger partial charge on any atom is -0.271 e. The third-order valence-corrected chi connectivity index (χ3v) is 4.03. The molecule has 0 saturated carbocycles. The van der Waals surface area contributed by atoms with Gasteiger partial charge in [-0.1, -0.05) is 23.7 Å². The Kier molecular flexibility index (Phi) is 5.22. The lowest BCUT2D eigenvalue weighted by molar-refractivity contribution is 0.608. The van der Waals surface area contributed by atoms with Crippen LogP contribution in [0.15, 0.2) is 47.6 Å². The molecule has 19 heavy (non-hydrogen) atoms. The van der Waals surface area contributed by atoms with Crippen LogP contribution in [0.1, 0.15) is 17.2 Å². The lowest BCUT2D eigenvalue weighted by atomic mass is 10.1. The standard InChI is InChI=1S/C14H16ClN3S/c1-10-5-11(8-17-7-10)14(18-16)9-19-13-4-2-3-12(15)6-13/h2-8,14,18H,9,16H2,1H3. The average Bonchev–Trinajstić information content (AvgIpc) is 2.40. The normalized spacial score (nSPS) is 12.4. The number of hydrogen-bond acceptors (Lipinski definition) is 4. The molecule has 0 fully saturated rings. The summed E-state index contributed by atoms with van der Waals surface area (Å²) in [7, 11) is 0. The summed E-state index contributed by atoms with van der Waals surface area (Å²) in [6, 6.07) is 9.97. The number of benzene rings is 1. The Labute approximate surface area is 122 Å². The van der Waals surface area contributed by atoms with E-state index in [1.807, 2.05) is 43.6 Å². The predicted molar refractivity (Wildman–Crippen MR) is 81.2 cm³/mol. The van der Waals surface area contributed by atoms with Crippen LogP contribution < -0.4 is 11.3 Å². The van der Waals surface area contributed by atoms with Gasteiger partial charge in [-0.15, -0.1) is 11.8 Å². The van der Waals surface area contributed by atoms with E-state index in [1.165, 1.54) is 0 Å². The van der Waals surface area contributed by atoms with E-state index in [0.717, 1.165) is 26.8 Å². The van der Waals surface area contributed by atoms with Crippen LogP contribution in [-0.2, 0) is 0 Å². The lowest BCUT2D eigenvalue weighted by Crippen LogP contribution is -2.29. The third-order valence-electron chi connectivity index (χ3n) is 2.71. The van der Waals surface area contributed by atoms with Crippen molar-refractivity contribution in [3.63, 3.8) is 0 Å². The van der Waals surface area contributed by atoms with Gasteiger partial charge in [-0.25, -0.2) is 0 Å². The van der Waals surface area contributed by atoms with Crippen LogP contribution in [0.5, 0.6) is 0 Å². The highest BCUT2D eigenvalue weighted by molar-refractivity contribution is 7.99. The van der Waals surface area contributed by atoms with Gasteiger partial charge >= 0.3 is 0 Å². The summed E-state index contributed by atoms with van der Waals surface area (Å²) >= 11 is 7.68. The van der Waals surface area contributed by atoms with E-state index in [2.05, 4.69) is 16.5 Å². The van der Waals surface area contributed by atoms with Gasteiger partial charge in [0.15, 0.2) is 0 Å². The summed E-state index contributed by atoms with van der Waals surface area (Å²) in [5.74, 6) is 6.45. The molecule has 1 aromatic carbocycles.